The van der Waals surface area contributed by atoms with E-state index in [2.05, 4.69) is 10.6 Å². The van der Waals surface area contributed by atoms with E-state index in [1.165, 1.54) is 11.3 Å². The Bertz CT molecular complexity index is 727. The number of benzene rings is 1. The lowest BCUT2D eigenvalue weighted by molar-refractivity contribution is -0.116. The van der Waals surface area contributed by atoms with Gasteiger partial charge in [-0.3, -0.25) is 9.59 Å². The van der Waals surface area contributed by atoms with E-state index in [1.807, 2.05) is 23.6 Å². The first-order valence-electron chi connectivity index (χ1n) is 8.67. The minimum absolute atomic E-state index is 0.153. The Kier molecular flexibility index (Phi) is 6.62. The summed E-state index contributed by atoms with van der Waals surface area (Å²) in [6.45, 7) is 1.61. The van der Waals surface area contributed by atoms with Crippen LogP contribution in [0.5, 0.6) is 5.75 Å². The van der Waals surface area contributed by atoms with Crippen molar-refractivity contribution in [2.24, 2.45) is 0 Å². The number of rotatable bonds is 8. The molecule has 2 N–H and O–H groups in total. The van der Waals surface area contributed by atoms with Gasteiger partial charge in [0.15, 0.2) is 0 Å². The summed E-state index contributed by atoms with van der Waals surface area (Å²) in [6.07, 6.45) is 2.46. The minimum Gasteiger partial charge on any atom is -0.491 e. The van der Waals surface area contributed by atoms with Gasteiger partial charge in [-0.15, -0.1) is 11.3 Å². The fraction of sp³-hybridized carbons (Fsp3) is 0.368. The maximum absolute atomic E-state index is 12.0. The Balaban J connectivity index is 1.40. The summed E-state index contributed by atoms with van der Waals surface area (Å²) in [5, 5.41) is 7.40. The van der Waals surface area contributed by atoms with Crippen LogP contribution in [0.2, 0.25) is 0 Å². The van der Waals surface area contributed by atoms with Crippen LogP contribution in [-0.2, 0) is 9.53 Å². The summed E-state index contributed by atoms with van der Waals surface area (Å²) >= 11 is 1.37. The average molecular weight is 374 g/mol. The molecule has 1 aliphatic rings. The summed E-state index contributed by atoms with van der Waals surface area (Å²) in [5.74, 6) is 0.384. The summed E-state index contributed by atoms with van der Waals surface area (Å²) in [6, 6.07) is 10.9. The first-order chi connectivity index (χ1) is 12.7. The molecule has 0 bridgehead atoms. The molecule has 3 rings (SSSR count). The second kappa shape index (κ2) is 9.35. The van der Waals surface area contributed by atoms with Gasteiger partial charge in [-0.25, -0.2) is 0 Å². The first kappa shape index (κ1) is 18.4. The van der Waals surface area contributed by atoms with Gasteiger partial charge in [-0.05, 0) is 36.4 Å². The summed E-state index contributed by atoms with van der Waals surface area (Å²) in [7, 11) is 0. The minimum atomic E-state index is -0.159. The van der Waals surface area contributed by atoms with Crippen LogP contribution in [-0.4, -0.2) is 37.7 Å². The normalized spacial score (nSPS) is 16.2. The highest BCUT2D eigenvalue weighted by molar-refractivity contribution is 7.12. The predicted molar refractivity (Wildman–Crippen MR) is 101 cm³/mol. The number of thiophene rings is 1. The van der Waals surface area contributed by atoms with Crippen molar-refractivity contribution in [2.45, 2.75) is 25.4 Å². The number of ether oxygens (including phenoxy) is 2. The summed E-state index contributed by atoms with van der Waals surface area (Å²) in [4.78, 5) is 24.5. The third kappa shape index (κ3) is 5.57. The first-order valence-corrected chi connectivity index (χ1v) is 9.55. The Morgan fingerprint density at radius 3 is 2.96 bits per heavy atom. The van der Waals surface area contributed by atoms with Crippen LogP contribution in [0.1, 0.15) is 28.9 Å². The van der Waals surface area contributed by atoms with Gasteiger partial charge >= 0.3 is 0 Å². The molecule has 1 saturated heterocycles. The topological polar surface area (TPSA) is 76.7 Å². The van der Waals surface area contributed by atoms with Crippen molar-refractivity contribution in [3.63, 3.8) is 0 Å². The highest BCUT2D eigenvalue weighted by atomic mass is 32.1. The van der Waals surface area contributed by atoms with Crippen molar-refractivity contribution in [3.05, 3.63) is 46.7 Å². The fourth-order valence-corrected chi connectivity index (χ4v) is 3.28. The molecule has 0 radical (unpaired) electrons. The molecular weight excluding hydrogens is 352 g/mol. The molecule has 138 valence electrons. The molecule has 1 fully saturated rings. The fourth-order valence-electron chi connectivity index (χ4n) is 2.64. The second-order valence-electron chi connectivity index (χ2n) is 6.01. The van der Waals surface area contributed by atoms with Crippen LogP contribution in [0.25, 0.3) is 0 Å². The van der Waals surface area contributed by atoms with Gasteiger partial charge in [-0.1, -0.05) is 12.1 Å². The SMILES string of the molecule is O=C(CCNC(=O)c1cccs1)Nc1cccc(OCC2CCCO2)c1. The molecule has 1 atom stereocenters. The van der Waals surface area contributed by atoms with Gasteiger partial charge in [0.25, 0.3) is 5.91 Å². The molecule has 6 nitrogen and oxygen atoms in total. The molecule has 0 saturated carbocycles. The van der Waals surface area contributed by atoms with Crippen molar-refractivity contribution in [2.75, 3.05) is 25.1 Å². The molecule has 26 heavy (non-hydrogen) atoms. The van der Waals surface area contributed by atoms with E-state index in [0.29, 0.717) is 22.9 Å². The quantitative estimate of drug-likeness (QED) is 0.745. The molecule has 2 amide bonds. The van der Waals surface area contributed by atoms with E-state index < -0.39 is 0 Å². The zero-order valence-electron chi connectivity index (χ0n) is 14.4. The van der Waals surface area contributed by atoms with E-state index >= 15 is 0 Å². The lowest BCUT2D eigenvalue weighted by Gasteiger charge is -2.12. The van der Waals surface area contributed by atoms with E-state index in [9.17, 15) is 9.59 Å². The van der Waals surface area contributed by atoms with Crippen LogP contribution >= 0.6 is 11.3 Å². The molecule has 1 aromatic heterocycles. The van der Waals surface area contributed by atoms with Gasteiger partial charge in [0, 0.05) is 31.3 Å². The number of carbonyl (C=O) groups excluding carboxylic acids is 2. The molecule has 1 aromatic carbocycles. The molecular formula is C19H22N2O4S. The molecule has 1 unspecified atom stereocenters. The number of hydrogen-bond donors (Lipinski definition) is 2. The molecule has 7 heteroatoms. The van der Waals surface area contributed by atoms with Crippen LogP contribution in [0.3, 0.4) is 0 Å². The maximum Gasteiger partial charge on any atom is 0.261 e. The molecule has 1 aliphatic heterocycles. The van der Waals surface area contributed by atoms with Crippen molar-refractivity contribution in [1.29, 1.82) is 0 Å². The lowest BCUT2D eigenvalue weighted by Crippen LogP contribution is -2.27. The number of amides is 2. The Labute approximate surface area is 156 Å². The largest absolute Gasteiger partial charge is 0.491 e. The van der Waals surface area contributed by atoms with Crippen LogP contribution in [0, 0.1) is 0 Å². The third-order valence-electron chi connectivity index (χ3n) is 3.96. The maximum atomic E-state index is 12.0. The van der Waals surface area contributed by atoms with Crippen molar-refractivity contribution in [1.82, 2.24) is 5.32 Å². The van der Waals surface area contributed by atoms with E-state index in [0.717, 1.165) is 19.4 Å². The highest BCUT2D eigenvalue weighted by Crippen LogP contribution is 2.19. The Morgan fingerprint density at radius 1 is 1.27 bits per heavy atom. The van der Waals surface area contributed by atoms with E-state index in [1.54, 1.807) is 18.2 Å². The van der Waals surface area contributed by atoms with E-state index in [-0.39, 0.29) is 30.9 Å². The summed E-state index contributed by atoms with van der Waals surface area (Å²) < 4.78 is 11.3. The summed E-state index contributed by atoms with van der Waals surface area (Å²) in [5.41, 5.74) is 0.671. The predicted octanol–water partition coefficient (Wildman–Crippen LogP) is 3.06. The number of nitrogens with one attached hydrogen (secondary N) is 2. The van der Waals surface area contributed by atoms with Crippen LogP contribution in [0.4, 0.5) is 5.69 Å². The van der Waals surface area contributed by atoms with Gasteiger partial charge in [0.05, 0.1) is 11.0 Å². The van der Waals surface area contributed by atoms with Crippen molar-refractivity contribution < 1.29 is 19.1 Å². The smallest absolute Gasteiger partial charge is 0.261 e. The van der Waals surface area contributed by atoms with Gasteiger partial charge in [0.1, 0.15) is 12.4 Å². The van der Waals surface area contributed by atoms with Gasteiger partial charge < -0.3 is 20.1 Å². The zero-order chi connectivity index (χ0) is 18.2. The Hall–Kier alpha value is -2.38. The molecule has 0 aliphatic carbocycles. The highest BCUT2D eigenvalue weighted by Gasteiger charge is 2.16. The Morgan fingerprint density at radius 2 is 2.19 bits per heavy atom. The van der Waals surface area contributed by atoms with Gasteiger partial charge in [0.2, 0.25) is 5.91 Å². The monoisotopic (exact) mass is 374 g/mol. The number of hydrogen-bond acceptors (Lipinski definition) is 5. The number of anilines is 1. The van der Waals surface area contributed by atoms with E-state index in [4.69, 9.17) is 9.47 Å². The third-order valence-corrected chi connectivity index (χ3v) is 4.83. The average Bonchev–Trinajstić information content (AvgIpc) is 3.34. The standard InChI is InChI=1S/C19H22N2O4S/c22-18(8-9-20-19(23)17-7-3-11-26-17)21-14-4-1-5-15(12-14)25-13-16-6-2-10-24-16/h1,3-5,7,11-12,16H,2,6,8-10,13H2,(H,20,23)(H,21,22). The van der Waals surface area contributed by atoms with Gasteiger partial charge in [-0.2, -0.15) is 0 Å². The molecule has 2 aromatic rings. The zero-order valence-corrected chi connectivity index (χ0v) is 15.2. The molecule has 0 spiro atoms. The van der Waals surface area contributed by atoms with Crippen molar-refractivity contribution >= 4 is 28.8 Å². The lowest BCUT2D eigenvalue weighted by atomic mass is 10.2. The second-order valence-corrected chi connectivity index (χ2v) is 6.95. The van der Waals surface area contributed by atoms with Crippen molar-refractivity contribution in [3.8, 4) is 5.75 Å². The van der Waals surface area contributed by atoms with Crippen LogP contribution in [0.15, 0.2) is 41.8 Å². The van der Waals surface area contributed by atoms with Crippen LogP contribution < -0.4 is 15.4 Å². The number of carbonyl (C=O) groups is 2. The molecule has 2 heterocycles.